The third-order valence-corrected chi connectivity index (χ3v) is 3.93. The van der Waals surface area contributed by atoms with Crippen molar-refractivity contribution in [2.24, 2.45) is 0 Å². The first kappa shape index (κ1) is 14.3. The molecule has 0 amide bonds. The molecule has 0 aliphatic rings. The maximum absolute atomic E-state index is 11.5. The number of rotatable bonds is 3. The van der Waals surface area contributed by atoms with Gasteiger partial charge in [-0.05, 0) is 44.0 Å². The lowest BCUT2D eigenvalue weighted by Gasteiger charge is -2.18. The smallest absolute Gasteiger partial charge is 0.360 e. The van der Waals surface area contributed by atoms with E-state index < -0.39 is 0 Å². The Hall–Kier alpha value is -2.63. The summed E-state index contributed by atoms with van der Waals surface area (Å²) in [5.41, 5.74) is 4.57. The molecule has 3 aromatic heterocycles. The third kappa shape index (κ3) is 2.26. The number of H-pyrrole nitrogens is 1. The molecule has 0 saturated carbocycles. The summed E-state index contributed by atoms with van der Waals surface area (Å²) in [7, 11) is 2.02. The topological polar surface area (TPSA) is 66.3 Å². The van der Waals surface area contributed by atoms with Gasteiger partial charge in [0, 0.05) is 25.4 Å². The first-order valence-corrected chi connectivity index (χ1v) is 7.26. The molecule has 6 nitrogen and oxygen atoms in total. The number of pyridine rings is 1. The first-order valence-electron chi connectivity index (χ1n) is 7.26. The molecule has 0 fully saturated rings. The fraction of sp³-hybridized carbons (Fsp3) is 0.312. The Balaban J connectivity index is 2.18. The number of aryl methyl sites for hydroxylation is 2. The van der Waals surface area contributed by atoms with Gasteiger partial charge in [0.2, 0.25) is 0 Å². The van der Waals surface area contributed by atoms with Gasteiger partial charge in [0.1, 0.15) is 5.82 Å². The van der Waals surface area contributed by atoms with Gasteiger partial charge in [-0.3, -0.25) is 0 Å². The lowest BCUT2D eigenvalue weighted by Crippen LogP contribution is -2.18. The van der Waals surface area contributed by atoms with E-state index in [0.717, 1.165) is 40.3 Å². The summed E-state index contributed by atoms with van der Waals surface area (Å²) in [4.78, 5) is 22.0. The fourth-order valence-electron chi connectivity index (χ4n) is 2.64. The Kier molecular flexibility index (Phi) is 3.44. The molecule has 0 radical (unpaired) electrons. The second-order valence-electron chi connectivity index (χ2n) is 5.49. The van der Waals surface area contributed by atoms with Crippen LogP contribution in [-0.2, 0) is 0 Å². The van der Waals surface area contributed by atoms with E-state index in [9.17, 15) is 4.79 Å². The summed E-state index contributed by atoms with van der Waals surface area (Å²) in [5.74, 6) is 0.971. The third-order valence-electron chi connectivity index (χ3n) is 3.93. The van der Waals surface area contributed by atoms with E-state index >= 15 is 0 Å². The van der Waals surface area contributed by atoms with Crippen LogP contribution in [0, 0.1) is 13.8 Å². The molecular weight excluding hydrogens is 278 g/mol. The van der Waals surface area contributed by atoms with Gasteiger partial charge in [-0.15, -0.1) is 0 Å². The number of aromatic amines is 1. The highest BCUT2D eigenvalue weighted by molar-refractivity contribution is 5.70. The standard InChI is InChI=1S/C16H19N5O/c1-5-20(4)15-11(3)6-12(8-17-15)13-7-10(2)14-9-18-16(22)19-21(13)14/h6-9H,5H2,1-4H3,(H,19,22). The van der Waals surface area contributed by atoms with Crippen molar-refractivity contribution in [2.45, 2.75) is 20.8 Å². The van der Waals surface area contributed by atoms with Gasteiger partial charge >= 0.3 is 5.69 Å². The molecule has 0 spiro atoms. The largest absolute Gasteiger partial charge is 0.360 e. The van der Waals surface area contributed by atoms with Gasteiger partial charge in [-0.2, -0.15) is 4.98 Å². The van der Waals surface area contributed by atoms with E-state index in [1.54, 1.807) is 10.7 Å². The van der Waals surface area contributed by atoms with Crippen molar-refractivity contribution in [3.05, 3.63) is 46.1 Å². The number of fused-ring (bicyclic) bond motifs is 1. The molecule has 0 aliphatic carbocycles. The molecule has 0 unspecified atom stereocenters. The molecule has 1 N–H and O–H groups in total. The minimum Gasteiger partial charge on any atom is -0.360 e. The van der Waals surface area contributed by atoms with Crippen molar-refractivity contribution < 1.29 is 0 Å². The fourth-order valence-corrected chi connectivity index (χ4v) is 2.64. The molecule has 0 atom stereocenters. The van der Waals surface area contributed by atoms with Crippen LogP contribution in [0.1, 0.15) is 18.1 Å². The van der Waals surface area contributed by atoms with Crippen LogP contribution in [0.2, 0.25) is 0 Å². The average molecular weight is 297 g/mol. The maximum Gasteiger partial charge on any atom is 0.360 e. The molecule has 0 bridgehead atoms. The van der Waals surface area contributed by atoms with Crippen LogP contribution in [0.3, 0.4) is 0 Å². The molecule has 0 aliphatic heterocycles. The highest BCUT2D eigenvalue weighted by atomic mass is 16.1. The SMILES string of the molecule is CCN(C)c1ncc(-c2cc(C)c3cnc(=O)[nH]n23)cc1C. The molecule has 3 heterocycles. The predicted octanol–water partition coefficient (Wildman–Crippen LogP) is 2.16. The highest BCUT2D eigenvalue weighted by Gasteiger charge is 2.12. The molecule has 6 heteroatoms. The van der Waals surface area contributed by atoms with Gasteiger partial charge in [-0.1, -0.05) is 0 Å². The van der Waals surface area contributed by atoms with E-state index in [4.69, 9.17) is 0 Å². The highest BCUT2D eigenvalue weighted by Crippen LogP contribution is 2.27. The van der Waals surface area contributed by atoms with Gasteiger partial charge < -0.3 is 4.90 Å². The van der Waals surface area contributed by atoms with Crippen LogP contribution >= 0.6 is 0 Å². The molecule has 114 valence electrons. The number of aromatic nitrogens is 4. The van der Waals surface area contributed by atoms with Crippen molar-refractivity contribution in [1.29, 1.82) is 0 Å². The van der Waals surface area contributed by atoms with Crippen molar-refractivity contribution in [1.82, 2.24) is 19.6 Å². The number of nitrogens with zero attached hydrogens (tertiary/aromatic N) is 4. The summed E-state index contributed by atoms with van der Waals surface area (Å²) in [6.45, 7) is 7.04. The number of nitrogens with one attached hydrogen (secondary N) is 1. The molecule has 0 aromatic carbocycles. The van der Waals surface area contributed by atoms with Gasteiger partial charge in [-0.25, -0.2) is 19.4 Å². The lowest BCUT2D eigenvalue weighted by atomic mass is 10.1. The van der Waals surface area contributed by atoms with Crippen molar-refractivity contribution >= 4 is 11.3 Å². The summed E-state index contributed by atoms with van der Waals surface area (Å²) >= 11 is 0. The molecule has 0 saturated heterocycles. The number of hydrogen-bond acceptors (Lipinski definition) is 4. The normalized spacial score (nSPS) is 11.1. The summed E-state index contributed by atoms with van der Waals surface area (Å²) in [5, 5.41) is 2.76. The van der Waals surface area contributed by atoms with Crippen LogP contribution in [0.4, 0.5) is 5.82 Å². The lowest BCUT2D eigenvalue weighted by molar-refractivity contribution is 0.863. The zero-order valence-electron chi connectivity index (χ0n) is 13.2. The Morgan fingerprint density at radius 1 is 1.18 bits per heavy atom. The molecule has 3 aromatic rings. The van der Waals surface area contributed by atoms with Gasteiger partial charge in [0.05, 0.1) is 17.4 Å². The summed E-state index contributed by atoms with van der Waals surface area (Å²) in [6, 6.07) is 4.13. The van der Waals surface area contributed by atoms with E-state index in [-0.39, 0.29) is 5.69 Å². The summed E-state index contributed by atoms with van der Waals surface area (Å²) in [6.07, 6.45) is 3.44. The Labute approximate surface area is 128 Å². The first-order chi connectivity index (χ1) is 10.5. The van der Waals surface area contributed by atoms with E-state index in [1.807, 2.05) is 33.2 Å². The van der Waals surface area contributed by atoms with Crippen LogP contribution < -0.4 is 10.6 Å². The molecule has 22 heavy (non-hydrogen) atoms. The van der Waals surface area contributed by atoms with Crippen LogP contribution in [0.15, 0.2) is 29.3 Å². The van der Waals surface area contributed by atoms with E-state index in [1.165, 1.54) is 0 Å². The monoisotopic (exact) mass is 297 g/mol. The minimum absolute atomic E-state index is 0.364. The number of anilines is 1. The van der Waals surface area contributed by atoms with Crippen molar-refractivity contribution in [3.63, 3.8) is 0 Å². The van der Waals surface area contributed by atoms with Crippen molar-refractivity contribution in [2.75, 3.05) is 18.5 Å². The van der Waals surface area contributed by atoms with Gasteiger partial charge in [0.25, 0.3) is 0 Å². The van der Waals surface area contributed by atoms with E-state index in [0.29, 0.717) is 0 Å². The Morgan fingerprint density at radius 2 is 1.95 bits per heavy atom. The van der Waals surface area contributed by atoms with Crippen LogP contribution in [0.25, 0.3) is 16.8 Å². The average Bonchev–Trinajstić information content (AvgIpc) is 2.82. The minimum atomic E-state index is -0.364. The second kappa shape index (κ2) is 5.29. The second-order valence-corrected chi connectivity index (χ2v) is 5.49. The number of hydrogen-bond donors (Lipinski definition) is 1. The van der Waals surface area contributed by atoms with E-state index in [2.05, 4.69) is 33.0 Å². The predicted molar refractivity (Wildman–Crippen MR) is 87.5 cm³/mol. The van der Waals surface area contributed by atoms with Crippen molar-refractivity contribution in [3.8, 4) is 11.3 Å². The van der Waals surface area contributed by atoms with Gasteiger partial charge in [0.15, 0.2) is 0 Å². The quantitative estimate of drug-likeness (QED) is 0.804. The zero-order chi connectivity index (χ0) is 15.9. The zero-order valence-corrected chi connectivity index (χ0v) is 13.2. The molecule has 3 rings (SSSR count). The van der Waals surface area contributed by atoms with Crippen LogP contribution in [0.5, 0.6) is 0 Å². The Bertz CT molecular complexity index is 893. The Morgan fingerprint density at radius 3 is 2.64 bits per heavy atom. The molecular formula is C16H19N5O. The summed E-state index contributed by atoms with van der Waals surface area (Å²) < 4.78 is 1.77. The van der Waals surface area contributed by atoms with Crippen LogP contribution in [-0.4, -0.2) is 33.2 Å². The maximum atomic E-state index is 11.5.